The lowest BCUT2D eigenvalue weighted by molar-refractivity contribution is -0.127. The Labute approximate surface area is 169 Å². The Bertz CT molecular complexity index is 839. The molecule has 0 radical (unpaired) electrons. The predicted molar refractivity (Wildman–Crippen MR) is 104 cm³/mol. The quantitative estimate of drug-likeness (QED) is 0.602. The minimum absolute atomic E-state index is 0.0279. The molecule has 1 rings (SSSR count). The number of nitrogens with zero attached hydrogens (tertiary/aromatic N) is 1. The molecule has 156 valence electrons. The van der Waals surface area contributed by atoms with Crippen molar-refractivity contribution in [3.63, 3.8) is 0 Å². The van der Waals surface area contributed by atoms with Crippen molar-refractivity contribution in [2.45, 2.75) is 38.7 Å². The Morgan fingerprint density at radius 1 is 1.18 bits per heavy atom. The maximum atomic E-state index is 12.6. The van der Waals surface area contributed by atoms with Gasteiger partial charge in [0.15, 0.2) is 6.10 Å². The van der Waals surface area contributed by atoms with Crippen LogP contribution in [-0.2, 0) is 19.6 Å². The van der Waals surface area contributed by atoms with Crippen molar-refractivity contribution in [1.29, 1.82) is 0 Å². The van der Waals surface area contributed by atoms with E-state index >= 15 is 0 Å². The maximum absolute atomic E-state index is 12.6. The summed E-state index contributed by atoms with van der Waals surface area (Å²) in [7, 11) is -3.81. The van der Waals surface area contributed by atoms with Crippen LogP contribution in [0.4, 0.5) is 4.79 Å². The van der Waals surface area contributed by atoms with Gasteiger partial charge < -0.3 is 10.1 Å². The van der Waals surface area contributed by atoms with E-state index in [1.54, 1.807) is 20.8 Å². The van der Waals surface area contributed by atoms with E-state index in [2.05, 4.69) is 5.32 Å². The average Bonchev–Trinajstić information content (AvgIpc) is 2.62. The van der Waals surface area contributed by atoms with Crippen molar-refractivity contribution >= 4 is 39.5 Å². The van der Waals surface area contributed by atoms with E-state index in [9.17, 15) is 22.8 Å². The number of carbonyl (C=O) groups excluding carboxylic acids is 3. The molecule has 28 heavy (non-hydrogen) atoms. The van der Waals surface area contributed by atoms with Crippen LogP contribution in [0, 0.1) is 0 Å². The fourth-order valence-corrected chi connectivity index (χ4v) is 3.91. The number of nitrogens with one attached hydrogen (secondary N) is 2. The van der Waals surface area contributed by atoms with E-state index in [0.29, 0.717) is 6.54 Å². The molecule has 0 bridgehead atoms. The number of hydrogen-bond acceptors (Lipinski definition) is 6. The summed E-state index contributed by atoms with van der Waals surface area (Å²) in [5, 5.41) is 4.36. The number of sulfonamides is 1. The molecular weight excluding hydrogens is 410 g/mol. The van der Waals surface area contributed by atoms with Crippen LogP contribution in [0.2, 0.25) is 5.02 Å². The summed E-state index contributed by atoms with van der Waals surface area (Å²) >= 11 is 6.00. The number of amides is 3. The summed E-state index contributed by atoms with van der Waals surface area (Å²) in [6, 6.07) is 2.94. The second-order valence-corrected chi connectivity index (χ2v) is 7.97. The van der Waals surface area contributed by atoms with Crippen molar-refractivity contribution in [2.24, 2.45) is 0 Å². The number of halogens is 1. The molecule has 9 nitrogen and oxygen atoms in total. The van der Waals surface area contributed by atoms with Crippen LogP contribution in [-0.4, -0.2) is 56.4 Å². The first-order chi connectivity index (χ1) is 13.1. The normalized spacial score (nSPS) is 12.4. The van der Waals surface area contributed by atoms with Gasteiger partial charge in [0.05, 0.1) is 15.5 Å². The highest BCUT2D eigenvalue weighted by Gasteiger charge is 2.26. The molecule has 0 aliphatic carbocycles. The molecular formula is C17H24ClN3O6S. The molecule has 0 spiro atoms. The molecule has 11 heteroatoms. The van der Waals surface area contributed by atoms with Gasteiger partial charge in [-0.2, -0.15) is 4.31 Å². The summed E-state index contributed by atoms with van der Waals surface area (Å²) in [5.74, 6) is -1.82. The van der Waals surface area contributed by atoms with E-state index in [1.165, 1.54) is 23.4 Å². The SMILES string of the molecule is CCNC(=O)NC(=O)[C@H](C)OC(=O)c1cc(S(=O)(=O)N(CC)CC)ccc1Cl. The van der Waals surface area contributed by atoms with Crippen molar-refractivity contribution in [3.05, 3.63) is 28.8 Å². The van der Waals surface area contributed by atoms with Crippen molar-refractivity contribution in [2.75, 3.05) is 19.6 Å². The van der Waals surface area contributed by atoms with Gasteiger partial charge in [-0.3, -0.25) is 10.1 Å². The Morgan fingerprint density at radius 2 is 1.79 bits per heavy atom. The maximum Gasteiger partial charge on any atom is 0.340 e. The number of rotatable bonds is 8. The topological polar surface area (TPSA) is 122 Å². The first-order valence-corrected chi connectivity index (χ1v) is 10.5. The van der Waals surface area contributed by atoms with Gasteiger partial charge in [-0.05, 0) is 32.0 Å². The molecule has 0 saturated heterocycles. The second kappa shape index (κ2) is 10.4. The summed E-state index contributed by atoms with van der Waals surface area (Å²) in [6.07, 6.45) is -1.30. The highest BCUT2D eigenvalue weighted by atomic mass is 35.5. The average molecular weight is 434 g/mol. The van der Waals surface area contributed by atoms with E-state index < -0.39 is 34.0 Å². The molecule has 0 aliphatic heterocycles. The van der Waals surface area contributed by atoms with Crippen molar-refractivity contribution in [1.82, 2.24) is 14.9 Å². The van der Waals surface area contributed by atoms with Crippen molar-refractivity contribution < 1.29 is 27.5 Å². The van der Waals surface area contributed by atoms with Crippen LogP contribution in [0.5, 0.6) is 0 Å². The largest absolute Gasteiger partial charge is 0.449 e. The van der Waals surface area contributed by atoms with Gasteiger partial charge in [0.1, 0.15) is 0 Å². The van der Waals surface area contributed by atoms with Crippen LogP contribution >= 0.6 is 11.6 Å². The van der Waals surface area contributed by atoms with Crippen molar-refractivity contribution in [3.8, 4) is 0 Å². The molecule has 0 aliphatic rings. The Hall–Kier alpha value is -2.17. The molecule has 2 N–H and O–H groups in total. The highest BCUT2D eigenvalue weighted by Crippen LogP contribution is 2.24. The molecule has 3 amide bonds. The second-order valence-electron chi connectivity index (χ2n) is 5.63. The zero-order valence-electron chi connectivity index (χ0n) is 16.1. The molecule has 0 fully saturated rings. The monoisotopic (exact) mass is 433 g/mol. The van der Waals surface area contributed by atoms with E-state index in [4.69, 9.17) is 16.3 Å². The lowest BCUT2D eigenvalue weighted by Gasteiger charge is -2.19. The van der Waals surface area contributed by atoms with Gasteiger partial charge >= 0.3 is 12.0 Å². The lowest BCUT2D eigenvalue weighted by atomic mass is 10.2. The number of imide groups is 1. The summed E-state index contributed by atoms with van der Waals surface area (Å²) in [5.41, 5.74) is -0.201. The first-order valence-electron chi connectivity index (χ1n) is 8.67. The molecule has 0 saturated carbocycles. The predicted octanol–water partition coefficient (Wildman–Crippen LogP) is 1.76. The summed E-state index contributed by atoms with van der Waals surface area (Å²) < 4.78 is 31.5. The number of urea groups is 1. The highest BCUT2D eigenvalue weighted by molar-refractivity contribution is 7.89. The zero-order valence-corrected chi connectivity index (χ0v) is 17.7. The number of carbonyl (C=O) groups is 3. The minimum atomic E-state index is -3.81. The summed E-state index contributed by atoms with van der Waals surface area (Å²) in [6.45, 7) is 7.18. The Morgan fingerprint density at radius 3 is 2.32 bits per heavy atom. The summed E-state index contributed by atoms with van der Waals surface area (Å²) in [4.78, 5) is 35.5. The Kier molecular flexibility index (Phi) is 8.86. The lowest BCUT2D eigenvalue weighted by Crippen LogP contribution is -2.44. The molecule has 1 aromatic rings. The number of benzene rings is 1. The minimum Gasteiger partial charge on any atom is -0.449 e. The van der Waals surface area contributed by atoms with Crippen LogP contribution in [0.15, 0.2) is 23.1 Å². The van der Waals surface area contributed by atoms with Gasteiger partial charge in [0.2, 0.25) is 10.0 Å². The van der Waals surface area contributed by atoms with Gasteiger partial charge in [-0.25, -0.2) is 18.0 Å². The van der Waals surface area contributed by atoms with Gasteiger partial charge in [0, 0.05) is 19.6 Å². The molecule has 0 heterocycles. The van der Waals surface area contributed by atoms with E-state index in [1.807, 2.05) is 5.32 Å². The van der Waals surface area contributed by atoms with Crippen LogP contribution in [0.3, 0.4) is 0 Å². The third kappa shape index (κ3) is 5.91. The smallest absolute Gasteiger partial charge is 0.340 e. The van der Waals surface area contributed by atoms with Gasteiger partial charge in [-0.1, -0.05) is 25.4 Å². The molecule has 1 aromatic carbocycles. The zero-order chi connectivity index (χ0) is 21.5. The van der Waals surface area contributed by atoms with Crippen LogP contribution in [0.1, 0.15) is 38.1 Å². The van der Waals surface area contributed by atoms with Gasteiger partial charge in [-0.15, -0.1) is 0 Å². The Balaban J connectivity index is 3.03. The van der Waals surface area contributed by atoms with Crippen LogP contribution < -0.4 is 10.6 Å². The third-order valence-electron chi connectivity index (χ3n) is 3.73. The standard InChI is InChI=1S/C17H24ClN3O6S/c1-5-19-17(24)20-15(22)11(4)27-16(23)13-10-12(8-9-14(13)18)28(25,26)21(6-2)7-3/h8-11H,5-7H2,1-4H3,(H2,19,20,22,24)/t11-/m0/s1. The fraction of sp³-hybridized carbons (Fsp3) is 0.471. The fourth-order valence-electron chi connectivity index (χ4n) is 2.23. The molecule has 0 unspecified atom stereocenters. The number of hydrogen-bond donors (Lipinski definition) is 2. The number of ether oxygens (including phenoxy) is 1. The third-order valence-corrected chi connectivity index (χ3v) is 6.10. The van der Waals surface area contributed by atoms with E-state index in [0.717, 1.165) is 6.07 Å². The van der Waals surface area contributed by atoms with E-state index in [-0.39, 0.29) is 28.6 Å². The van der Waals surface area contributed by atoms with Crippen LogP contribution in [0.25, 0.3) is 0 Å². The number of esters is 1. The molecule has 0 aromatic heterocycles. The van der Waals surface area contributed by atoms with Gasteiger partial charge in [0.25, 0.3) is 5.91 Å². The first kappa shape index (κ1) is 23.9. The molecule has 1 atom stereocenters.